The Hall–Kier alpha value is -3.53. The van der Waals surface area contributed by atoms with Crippen molar-refractivity contribution in [2.24, 2.45) is 0 Å². The van der Waals surface area contributed by atoms with E-state index in [-0.39, 0.29) is 5.75 Å². The monoisotopic (exact) mass is 473 g/mol. The summed E-state index contributed by atoms with van der Waals surface area (Å²) in [6.45, 7) is 0.896. The molecule has 0 radical (unpaired) electrons. The van der Waals surface area contributed by atoms with Gasteiger partial charge >= 0.3 is 0 Å². The Morgan fingerprint density at radius 3 is 2.40 bits per heavy atom. The Morgan fingerprint density at radius 1 is 0.886 bits per heavy atom. The number of phenolic OH excluding ortho intramolecular Hbond substituents is 1. The van der Waals surface area contributed by atoms with Gasteiger partial charge in [-0.05, 0) is 50.7 Å². The van der Waals surface area contributed by atoms with Crippen LogP contribution in [0.5, 0.6) is 17.5 Å². The smallest absolute Gasteiger partial charge is 0.278 e. The van der Waals surface area contributed by atoms with Crippen LogP contribution in [0.25, 0.3) is 22.6 Å². The van der Waals surface area contributed by atoms with Crippen LogP contribution in [0.4, 0.5) is 5.82 Å². The molecule has 0 spiro atoms. The van der Waals surface area contributed by atoms with E-state index in [1.807, 2.05) is 12.3 Å². The minimum atomic E-state index is 0.0581. The molecule has 7 rings (SSSR count). The number of nitrogens with one attached hydrogen (secondary N) is 1. The van der Waals surface area contributed by atoms with Crippen LogP contribution in [0, 0.1) is 0 Å². The van der Waals surface area contributed by atoms with Crippen LogP contribution in [0.1, 0.15) is 38.5 Å². The third-order valence-corrected chi connectivity index (χ3v) is 7.40. The van der Waals surface area contributed by atoms with Crippen molar-refractivity contribution in [3.63, 3.8) is 0 Å². The molecule has 4 aliphatic rings. The van der Waals surface area contributed by atoms with E-state index >= 15 is 0 Å². The summed E-state index contributed by atoms with van der Waals surface area (Å²) in [7, 11) is 0. The van der Waals surface area contributed by atoms with E-state index in [0.29, 0.717) is 71.8 Å². The SMILES string of the molecule is Oc1cc(-c2cnc3c(n2)OCCO3)ccc1-c1ncc(N(C2CC2)[C@@H]2C[C@H]3CC[C@@H](C2)N3)nn1. The maximum atomic E-state index is 10.8. The summed E-state index contributed by atoms with van der Waals surface area (Å²) in [6.07, 6.45) is 10.7. The summed E-state index contributed by atoms with van der Waals surface area (Å²) in [6, 6.07) is 7.54. The number of benzene rings is 1. The molecule has 1 aliphatic carbocycles. The number of anilines is 1. The van der Waals surface area contributed by atoms with Gasteiger partial charge in [0.25, 0.3) is 11.8 Å². The molecule has 3 atom stereocenters. The first-order valence-electron chi connectivity index (χ1n) is 12.4. The maximum absolute atomic E-state index is 10.8. The van der Waals surface area contributed by atoms with E-state index in [2.05, 4.69) is 35.4 Å². The second-order valence-corrected chi connectivity index (χ2v) is 9.84. The molecule has 3 aliphatic heterocycles. The zero-order chi connectivity index (χ0) is 23.4. The second kappa shape index (κ2) is 8.30. The van der Waals surface area contributed by atoms with E-state index in [4.69, 9.17) is 9.47 Å². The van der Waals surface area contributed by atoms with E-state index in [1.54, 1.807) is 18.3 Å². The van der Waals surface area contributed by atoms with Crippen LogP contribution >= 0.6 is 0 Å². The number of ether oxygens (including phenoxy) is 2. The Bertz CT molecular complexity index is 1240. The van der Waals surface area contributed by atoms with Gasteiger partial charge in [0.15, 0.2) is 11.6 Å². The molecule has 35 heavy (non-hydrogen) atoms. The number of nitrogens with zero attached hydrogens (tertiary/aromatic N) is 6. The van der Waals surface area contributed by atoms with Gasteiger partial charge in [-0.2, -0.15) is 0 Å². The summed E-state index contributed by atoms with van der Waals surface area (Å²) in [5, 5.41) is 23.5. The second-order valence-electron chi connectivity index (χ2n) is 9.84. The summed E-state index contributed by atoms with van der Waals surface area (Å²) in [5.74, 6) is 2.04. The number of hydrogen-bond donors (Lipinski definition) is 2. The average Bonchev–Trinajstić information content (AvgIpc) is 3.67. The van der Waals surface area contributed by atoms with Crippen molar-refractivity contribution in [3.8, 4) is 40.2 Å². The maximum Gasteiger partial charge on any atom is 0.278 e. The molecule has 0 unspecified atom stereocenters. The van der Waals surface area contributed by atoms with Gasteiger partial charge in [-0.25, -0.2) is 15.0 Å². The molecule has 10 nitrogen and oxygen atoms in total. The Labute approximate surface area is 202 Å². The van der Waals surface area contributed by atoms with Gasteiger partial charge in [-0.1, -0.05) is 6.07 Å². The highest BCUT2D eigenvalue weighted by Crippen LogP contribution is 2.39. The van der Waals surface area contributed by atoms with Gasteiger partial charge in [-0.15, -0.1) is 10.2 Å². The first-order chi connectivity index (χ1) is 17.2. The average molecular weight is 474 g/mol. The molecule has 2 aromatic heterocycles. The lowest BCUT2D eigenvalue weighted by atomic mass is 9.98. The van der Waals surface area contributed by atoms with Crippen molar-refractivity contribution in [3.05, 3.63) is 30.6 Å². The molecule has 3 fully saturated rings. The summed E-state index contributed by atoms with van der Waals surface area (Å²) < 4.78 is 11.0. The molecule has 1 saturated carbocycles. The molecule has 180 valence electrons. The van der Waals surface area contributed by atoms with Crippen LogP contribution in [0.2, 0.25) is 0 Å². The number of fused-ring (bicyclic) bond motifs is 3. The largest absolute Gasteiger partial charge is 0.507 e. The molecule has 2 saturated heterocycles. The highest BCUT2D eigenvalue weighted by molar-refractivity contribution is 5.71. The molecule has 2 bridgehead atoms. The van der Waals surface area contributed by atoms with Crippen molar-refractivity contribution in [2.75, 3.05) is 18.1 Å². The molecule has 1 aromatic carbocycles. The quantitative estimate of drug-likeness (QED) is 0.572. The summed E-state index contributed by atoms with van der Waals surface area (Å²) in [5.41, 5.74) is 1.82. The lowest BCUT2D eigenvalue weighted by molar-refractivity contribution is 0.157. The predicted octanol–water partition coefficient (Wildman–Crippen LogP) is 2.72. The zero-order valence-electron chi connectivity index (χ0n) is 19.3. The third kappa shape index (κ3) is 3.91. The number of rotatable bonds is 5. The highest BCUT2D eigenvalue weighted by atomic mass is 16.6. The van der Waals surface area contributed by atoms with Gasteiger partial charge in [0, 0.05) is 29.7 Å². The van der Waals surface area contributed by atoms with Crippen LogP contribution in [0.15, 0.2) is 30.6 Å². The van der Waals surface area contributed by atoms with Gasteiger partial charge in [-0.3, -0.25) is 0 Å². The molecule has 0 amide bonds. The van der Waals surface area contributed by atoms with E-state index in [0.717, 1.165) is 18.7 Å². The van der Waals surface area contributed by atoms with Crippen molar-refractivity contribution in [1.82, 2.24) is 30.5 Å². The Balaban J connectivity index is 1.13. The van der Waals surface area contributed by atoms with Crippen molar-refractivity contribution < 1.29 is 14.6 Å². The fraction of sp³-hybridized carbons (Fsp3) is 0.480. The first-order valence-corrected chi connectivity index (χ1v) is 12.4. The lowest BCUT2D eigenvalue weighted by Crippen LogP contribution is -2.49. The number of hydrogen-bond acceptors (Lipinski definition) is 10. The number of aromatic nitrogens is 5. The number of phenols is 1. The lowest BCUT2D eigenvalue weighted by Gasteiger charge is -2.38. The van der Waals surface area contributed by atoms with Crippen LogP contribution in [-0.4, -0.2) is 67.6 Å². The minimum Gasteiger partial charge on any atom is -0.507 e. The molecular formula is C25H27N7O3. The molecule has 3 aromatic rings. The first kappa shape index (κ1) is 20.8. The Kier molecular flexibility index (Phi) is 4.93. The van der Waals surface area contributed by atoms with Crippen LogP contribution in [0.3, 0.4) is 0 Å². The van der Waals surface area contributed by atoms with Gasteiger partial charge in [0.1, 0.15) is 19.0 Å². The molecular weight excluding hydrogens is 446 g/mol. The molecule has 2 N–H and O–H groups in total. The van der Waals surface area contributed by atoms with E-state index < -0.39 is 0 Å². The fourth-order valence-electron chi connectivity index (χ4n) is 5.64. The topological polar surface area (TPSA) is 118 Å². The van der Waals surface area contributed by atoms with E-state index in [9.17, 15) is 5.11 Å². The minimum absolute atomic E-state index is 0.0581. The van der Waals surface area contributed by atoms with Crippen molar-refractivity contribution in [2.45, 2.75) is 62.7 Å². The van der Waals surface area contributed by atoms with Crippen molar-refractivity contribution in [1.29, 1.82) is 0 Å². The van der Waals surface area contributed by atoms with Crippen molar-refractivity contribution >= 4 is 5.82 Å². The van der Waals surface area contributed by atoms with Gasteiger partial charge in [0.2, 0.25) is 0 Å². The van der Waals surface area contributed by atoms with E-state index in [1.165, 1.54) is 25.7 Å². The van der Waals surface area contributed by atoms with Gasteiger partial charge < -0.3 is 24.8 Å². The number of piperidine rings is 1. The Morgan fingerprint density at radius 2 is 1.69 bits per heavy atom. The predicted molar refractivity (Wildman–Crippen MR) is 127 cm³/mol. The van der Waals surface area contributed by atoms with Gasteiger partial charge in [0.05, 0.1) is 23.7 Å². The number of aromatic hydroxyl groups is 1. The summed E-state index contributed by atoms with van der Waals surface area (Å²) >= 11 is 0. The molecule has 5 heterocycles. The summed E-state index contributed by atoms with van der Waals surface area (Å²) in [4.78, 5) is 15.8. The fourth-order valence-corrected chi connectivity index (χ4v) is 5.64. The highest BCUT2D eigenvalue weighted by Gasteiger charge is 2.41. The van der Waals surface area contributed by atoms with Crippen LogP contribution in [-0.2, 0) is 0 Å². The normalized spacial score (nSPS) is 24.9. The standard InChI is InChI=1S/C25H27N7O3/c33-21-9-14(20-12-27-24-25(29-20)35-8-7-34-24)1-6-19(21)23-26-13-22(30-31-23)32(17-4-5-17)18-10-15-2-3-16(11-18)28-15/h1,6,9,12-13,15-18,28,33H,2-5,7-8,10-11H2/t15-,16+,18-. The zero-order valence-corrected chi connectivity index (χ0v) is 19.3. The molecule has 10 heteroatoms. The van der Waals surface area contributed by atoms with Crippen LogP contribution < -0.4 is 19.7 Å². The third-order valence-electron chi connectivity index (χ3n) is 7.40.